The minimum Gasteiger partial charge on any atom is -0.351 e. The maximum Gasteiger partial charge on any atom is 0.433 e. The van der Waals surface area contributed by atoms with Gasteiger partial charge in [0.25, 0.3) is 5.91 Å². The third-order valence-corrected chi connectivity index (χ3v) is 3.72. The van der Waals surface area contributed by atoms with Crippen LogP contribution in [0, 0.1) is 0 Å². The fourth-order valence-corrected chi connectivity index (χ4v) is 1.87. The number of hydrogen-bond donors (Lipinski definition) is 1. The summed E-state index contributed by atoms with van der Waals surface area (Å²) in [5.41, 5.74) is -1.43. The van der Waals surface area contributed by atoms with Crippen LogP contribution in [0.2, 0.25) is 0 Å². The van der Waals surface area contributed by atoms with Crippen molar-refractivity contribution in [1.29, 1.82) is 0 Å². The van der Waals surface area contributed by atoms with Crippen molar-refractivity contribution >= 4 is 17.7 Å². The molecule has 1 amide bonds. The summed E-state index contributed by atoms with van der Waals surface area (Å²) >= 11 is 1.52. The number of halogens is 3. The molecular weight excluding hydrogens is 291 g/mol. The van der Waals surface area contributed by atoms with Crippen LogP contribution in [0.4, 0.5) is 13.2 Å². The lowest BCUT2D eigenvalue weighted by atomic mass is 10.2. The van der Waals surface area contributed by atoms with Crippen molar-refractivity contribution in [3.05, 3.63) is 17.5 Å². The van der Waals surface area contributed by atoms with Gasteiger partial charge >= 0.3 is 6.18 Å². The normalized spacial score (nSPS) is 13.6. The van der Waals surface area contributed by atoms with Crippen LogP contribution in [0.3, 0.4) is 0 Å². The average Bonchev–Trinajstić information content (AvgIpc) is 2.80. The zero-order chi connectivity index (χ0) is 15.5. The predicted molar refractivity (Wildman–Crippen MR) is 72.9 cm³/mol. The highest BCUT2D eigenvalue weighted by atomic mass is 32.2. The number of thioether (sulfide) groups is 1. The Labute approximate surface area is 120 Å². The number of aromatic nitrogens is 2. The second kappa shape index (κ2) is 6.51. The molecule has 1 aromatic heterocycles. The summed E-state index contributed by atoms with van der Waals surface area (Å²) in [6, 6.07) is -0.474. The van der Waals surface area contributed by atoms with E-state index >= 15 is 0 Å². The van der Waals surface area contributed by atoms with E-state index in [-0.39, 0.29) is 5.25 Å². The number of amides is 1. The molecular formula is C12H18F3N3OS. The molecule has 0 unspecified atom stereocenters. The maximum absolute atomic E-state index is 13.1. The van der Waals surface area contributed by atoms with Gasteiger partial charge in [0.15, 0.2) is 5.69 Å². The Morgan fingerprint density at radius 3 is 2.50 bits per heavy atom. The number of hydrogen-bond acceptors (Lipinski definition) is 3. The lowest BCUT2D eigenvalue weighted by Crippen LogP contribution is -2.31. The topological polar surface area (TPSA) is 46.9 Å². The summed E-state index contributed by atoms with van der Waals surface area (Å²) in [7, 11) is 0. The van der Waals surface area contributed by atoms with E-state index in [4.69, 9.17) is 0 Å². The Morgan fingerprint density at radius 1 is 1.45 bits per heavy atom. The first kappa shape index (κ1) is 16.9. The molecule has 0 aromatic carbocycles. The van der Waals surface area contributed by atoms with Gasteiger partial charge in [0.1, 0.15) is 0 Å². The summed E-state index contributed by atoms with van der Waals surface area (Å²) in [6.45, 7) is 5.36. The van der Waals surface area contributed by atoms with E-state index in [0.717, 1.165) is 10.9 Å². The molecule has 1 heterocycles. The number of nitrogens with zero attached hydrogens (tertiary/aromatic N) is 2. The van der Waals surface area contributed by atoms with Crippen LogP contribution in [0.15, 0.2) is 6.20 Å². The molecule has 0 saturated heterocycles. The lowest BCUT2D eigenvalue weighted by Gasteiger charge is -2.15. The zero-order valence-corrected chi connectivity index (χ0v) is 12.6. The molecule has 20 heavy (non-hydrogen) atoms. The fourth-order valence-electron chi connectivity index (χ4n) is 1.62. The number of carbonyl (C=O) groups is 1. The Hall–Kier alpha value is -1.18. The molecule has 8 heteroatoms. The minimum atomic E-state index is -4.61. The van der Waals surface area contributed by atoms with Crippen LogP contribution in [0.5, 0.6) is 0 Å². The van der Waals surface area contributed by atoms with Crippen LogP contribution in [0.1, 0.15) is 42.9 Å². The maximum atomic E-state index is 13.1. The molecule has 1 N–H and O–H groups in total. The first-order valence-electron chi connectivity index (χ1n) is 6.14. The number of carbonyl (C=O) groups excluding carboxylic acids is 1. The minimum absolute atomic E-state index is 0.133. The summed E-state index contributed by atoms with van der Waals surface area (Å²) in [5, 5.41) is 6.32. The molecule has 1 atom stereocenters. The van der Waals surface area contributed by atoms with Crippen LogP contribution in [-0.2, 0) is 6.18 Å². The smallest absolute Gasteiger partial charge is 0.351 e. The van der Waals surface area contributed by atoms with Gasteiger partial charge in [-0.1, -0.05) is 6.92 Å². The highest BCUT2D eigenvalue weighted by Crippen LogP contribution is 2.33. The molecule has 0 saturated carbocycles. The summed E-state index contributed by atoms with van der Waals surface area (Å²) in [4.78, 5) is 11.9. The molecule has 0 aliphatic carbocycles. The van der Waals surface area contributed by atoms with E-state index in [0.29, 0.717) is 6.54 Å². The van der Waals surface area contributed by atoms with Crippen molar-refractivity contribution in [3.8, 4) is 0 Å². The van der Waals surface area contributed by atoms with Gasteiger partial charge in [0.05, 0.1) is 11.8 Å². The van der Waals surface area contributed by atoms with Gasteiger partial charge in [-0.25, -0.2) is 0 Å². The van der Waals surface area contributed by atoms with Crippen molar-refractivity contribution in [1.82, 2.24) is 15.1 Å². The van der Waals surface area contributed by atoms with Crippen LogP contribution < -0.4 is 5.32 Å². The molecule has 0 bridgehead atoms. The standard InChI is InChI=1S/C12H18F3N3OS/c1-7(2)18-10(12(13,14)15)9(6-17-18)11(19)16-5-8(3)20-4/h6-8H,5H2,1-4H3,(H,16,19)/t8-/m0/s1. The van der Waals surface area contributed by atoms with Gasteiger partial charge in [-0.3, -0.25) is 9.48 Å². The third-order valence-electron chi connectivity index (χ3n) is 2.75. The zero-order valence-electron chi connectivity index (χ0n) is 11.8. The van der Waals surface area contributed by atoms with E-state index in [1.54, 1.807) is 13.8 Å². The fraction of sp³-hybridized carbons (Fsp3) is 0.667. The van der Waals surface area contributed by atoms with E-state index in [2.05, 4.69) is 10.4 Å². The van der Waals surface area contributed by atoms with Crippen LogP contribution in [0.25, 0.3) is 0 Å². The largest absolute Gasteiger partial charge is 0.433 e. The van der Waals surface area contributed by atoms with Crippen LogP contribution in [-0.4, -0.2) is 33.7 Å². The molecule has 0 aliphatic heterocycles. The number of alkyl halides is 3. The van der Waals surface area contributed by atoms with Gasteiger partial charge in [0, 0.05) is 17.8 Å². The van der Waals surface area contributed by atoms with Gasteiger partial charge in [-0.15, -0.1) is 0 Å². The molecule has 1 aromatic rings. The Balaban J connectivity index is 3.03. The first-order chi connectivity index (χ1) is 9.18. The van der Waals surface area contributed by atoms with E-state index < -0.39 is 29.4 Å². The van der Waals surface area contributed by atoms with Gasteiger partial charge in [-0.2, -0.15) is 30.0 Å². The SMILES string of the molecule is CS[C@@H](C)CNC(=O)c1cnn(C(C)C)c1C(F)(F)F. The van der Waals surface area contributed by atoms with Crippen LogP contribution >= 0.6 is 11.8 Å². The summed E-state index contributed by atoms with van der Waals surface area (Å²) in [5.74, 6) is -0.745. The lowest BCUT2D eigenvalue weighted by molar-refractivity contribution is -0.145. The summed E-state index contributed by atoms with van der Waals surface area (Å²) in [6.07, 6.45) is -1.77. The molecule has 114 valence electrons. The second-order valence-corrected chi connectivity index (χ2v) is 5.98. The summed E-state index contributed by atoms with van der Waals surface area (Å²) < 4.78 is 40.1. The van der Waals surface area contributed by atoms with Gasteiger partial charge in [-0.05, 0) is 20.1 Å². The second-order valence-electron chi connectivity index (χ2n) is 4.70. The van der Waals surface area contributed by atoms with Gasteiger partial charge < -0.3 is 5.32 Å². The molecule has 0 spiro atoms. The number of nitrogens with one attached hydrogen (secondary N) is 1. The van der Waals surface area contributed by atoms with Crippen molar-refractivity contribution < 1.29 is 18.0 Å². The Morgan fingerprint density at radius 2 is 2.05 bits per heavy atom. The van der Waals surface area contributed by atoms with Crippen molar-refractivity contribution in [2.45, 2.75) is 38.2 Å². The van der Waals surface area contributed by atoms with Crippen molar-refractivity contribution in [2.24, 2.45) is 0 Å². The van der Waals surface area contributed by atoms with Gasteiger partial charge in [0.2, 0.25) is 0 Å². The molecule has 1 rings (SSSR count). The molecule has 4 nitrogen and oxygen atoms in total. The molecule has 0 radical (unpaired) electrons. The molecule has 0 aliphatic rings. The average molecular weight is 309 g/mol. The highest BCUT2D eigenvalue weighted by Gasteiger charge is 2.40. The van der Waals surface area contributed by atoms with Crippen molar-refractivity contribution in [3.63, 3.8) is 0 Å². The van der Waals surface area contributed by atoms with E-state index in [9.17, 15) is 18.0 Å². The molecule has 0 fully saturated rings. The van der Waals surface area contributed by atoms with E-state index in [1.807, 2.05) is 13.2 Å². The predicted octanol–water partition coefficient (Wildman–Crippen LogP) is 2.96. The first-order valence-corrected chi connectivity index (χ1v) is 7.43. The Kier molecular flexibility index (Phi) is 5.50. The van der Waals surface area contributed by atoms with E-state index in [1.165, 1.54) is 11.8 Å². The van der Waals surface area contributed by atoms with Crippen molar-refractivity contribution in [2.75, 3.05) is 12.8 Å². The monoisotopic (exact) mass is 309 g/mol. The quantitative estimate of drug-likeness (QED) is 0.909. The third kappa shape index (κ3) is 3.91. The highest BCUT2D eigenvalue weighted by molar-refractivity contribution is 7.99. The Bertz CT molecular complexity index is 471. The number of rotatable bonds is 5.